The second-order valence-corrected chi connectivity index (χ2v) is 5.54. The van der Waals surface area contributed by atoms with Gasteiger partial charge in [0, 0.05) is 12.2 Å². The molecule has 0 bridgehead atoms. The predicted octanol–water partition coefficient (Wildman–Crippen LogP) is 2.50. The minimum absolute atomic E-state index is 0.153. The second-order valence-electron chi connectivity index (χ2n) is 5.23. The van der Waals surface area contributed by atoms with Gasteiger partial charge in [0.15, 0.2) is 0 Å². The van der Waals surface area contributed by atoms with Gasteiger partial charge in [0.05, 0.1) is 28.8 Å². The number of anilines is 2. The molecule has 23 heavy (non-hydrogen) atoms. The van der Waals surface area contributed by atoms with Crippen LogP contribution >= 0.6 is 11.6 Å². The number of carbonyl (C=O) groups excluding carboxylic acids is 2. The lowest BCUT2D eigenvalue weighted by molar-refractivity contribution is 0.0926. The van der Waals surface area contributed by atoms with Crippen molar-refractivity contribution in [3.63, 3.8) is 0 Å². The Kier molecular flexibility index (Phi) is 4.32. The van der Waals surface area contributed by atoms with Gasteiger partial charge >= 0.3 is 0 Å². The van der Waals surface area contributed by atoms with Gasteiger partial charge < -0.3 is 10.4 Å². The molecule has 0 saturated carbocycles. The van der Waals surface area contributed by atoms with E-state index in [0.29, 0.717) is 23.4 Å². The van der Waals surface area contributed by atoms with Crippen LogP contribution in [0.2, 0.25) is 0 Å². The third kappa shape index (κ3) is 2.93. The van der Waals surface area contributed by atoms with E-state index in [1.54, 1.807) is 48.5 Å². The van der Waals surface area contributed by atoms with Crippen molar-refractivity contribution >= 4 is 34.8 Å². The topological polar surface area (TPSA) is 69.6 Å². The van der Waals surface area contributed by atoms with Crippen LogP contribution in [0.4, 0.5) is 11.4 Å². The van der Waals surface area contributed by atoms with Crippen LogP contribution in [0.3, 0.4) is 0 Å². The molecule has 0 aromatic heterocycles. The summed E-state index contributed by atoms with van der Waals surface area (Å²) < 4.78 is 0. The number of nitrogens with one attached hydrogen (secondary N) is 1. The highest BCUT2D eigenvalue weighted by Crippen LogP contribution is 2.28. The number of halogens is 1. The zero-order valence-corrected chi connectivity index (χ0v) is 13.0. The fourth-order valence-electron chi connectivity index (χ4n) is 2.44. The number of aliphatic hydroxyl groups is 1. The van der Waals surface area contributed by atoms with E-state index in [-0.39, 0.29) is 17.7 Å². The lowest BCUT2D eigenvalue weighted by Crippen LogP contribution is -2.29. The lowest BCUT2D eigenvalue weighted by atomic mass is 10.1. The molecule has 1 heterocycles. The average Bonchev–Trinajstić information content (AvgIpc) is 2.85. The molecule has 1 atom stereocenters. The van der Waals surface area contributed by atoms with Crippen LogP contribution in [0, 0.1) is 0 Å². The van der Waals surface area contributed by atoms with Crippen molar-refractivity contribution in [3.05, 3.63) is 59.7 Å². The van der Waals surface area contributed by atoms with E-state index in [1.165, 1.54) is 4.90 Å². The largest absolute Gasteiger partial charge is 0.390 e. The first-order valence-corrected chi connectivity index (χ1v) is 7.71. The molecule has 2 aromatic carbocycles. The van der Waals surface area contributed by atoms with E-state index in [4.69, 9.17) is 11.6 Å². The van der Waals surface area contributed by atoms with Gasteiger partial charge in [0.25, 0.3) is 11.8 Å². The number of hydrogen-bond donors (Lipinski definition) is 2. The van der Waals surface area contributed by atoms with Gasteiger partial charge in [-0.05, 0) is 36.4 Å². The summed E-state index contributed by atoms with van der Waals surface area (Å²) in [6.45, 7) is 0.329. The van der Waals surface area contributed by atoms with Crippen LogP contribution in [0.1, 0.15) is 20.7 Å². The summed E-state index contributed by atoms with van der Waals surface area (Å²) in [5.41, 5.74) is 2.13. The third-order valence-electron chi connectivity index (χ3n) is 3.64. The fourth-order valence-corrected chi connectivity index (χ4v) is 2.55. The van der Waals surface area contributed by atoms with Crippen molar-refractivity contribution in [2.75, 3.05) is 22.6 Å². The minimum Gasteiger partial charge on any atom is -0.390 e. The van der Waals surface area contributed by atoms with Crippen LogP contribution in [0.15, 0.2) is 48.5 Å². The van der Waals surface area contributed by atoms with Gasteiger partial charge in [-0.2, -0.15) is 0 Å². The molecule has 0 fully saturated rings. The molecule has 1 aliphatic rings. The van der Waals surface area contributed by atoms with Crippen LogP contribution in [-0.2, 0) is 0 Å². The van der Waals surface area contributed by atoms with Gasteiger partial charge in [0.1, 0.15) is 0 Å². The van der Waals surface area contributed by atoms with Crippen LogP contribution in [0.5, 0.6) is 0 Å². The summed E-state index contributed by atoms with van der Waals surface area (Å²) in [6.07, 6.45) is -0.632. The molecule has 0 saturated heterocycles. The monoisotopic (exact) mass is 330 g/mol. The molecule has 2 aromatic rings. The number of amides is 2. The quantitative estimate of drug-likeness (QED) is 0.653. The normalized spacial score (nSPS) is 14.8. The van der Waals surface area contributed by atoms with Gasteiger partial charge in [0.2, 0.25) is 0 Å². The lowest BCUT2D eigenvalue weighted by Gasteiger charge is -2.15. The molecule has 0 spiro atoms. The molecular weight excluding hydrogens is 316 g/mol. The fraction of sp³-hybridized carbons (Fsp3) is 0.176. The number of benzene rings is 2. The summed E-state index contributed by atoms with van der Waals surface area (Å²) in [4.78, 5) is 25.9. The molecule has 5 nitrogen and oxygen atoms in total. The van der Waals surface area contributed by atoms with Crippen molar-refractivity contribution in [3.8, 4) is 0 Å². The molecule has 0 radical (unpaired) electrons. The molecular formula is C17H15ClN2O3. The van der Waals surface area contributed by atoms with Crippen molar-refractivity contribution in [1.82, 2.24) is 0 Å². The summed E-state index contributed by atoms with van der Waals surface area (Å²) in [5, 5.41) is 12.5. The number of hydrogen-bond acceptors (Lipinski definition) is 4. The third-order valence-corrected chi connectivity index (χ3v) is 4.00. The zero-order valence-electron chi connectivity index (χ0n) is 12.2. The Bertz CT molecular complexity index is 711. The number of aliphatic hydroxyl groups excluding tert-OH is 1. The summed E-state index contributed by atoms with van der Waals surface area (Å²) >= 11 is 5.53. The smallest absolute Gasteiger partial charge is 0.266 e. The second kappa shape index (κ2) is 6.40. The standard InChI is InChI=1S/C17H15ClN2O3/c18-9-13(21)10-19-11-5-7-12(8-6-11)20-16(22)14-3-1-2-4-15(14)17(20)23/h1-8,13,19,21H,9-10H2. The van der Waals surface area contributed by atoms with Gasteiger partial charge in [-0.1, -0.05) is 12.1 Å². The minimum atomic E-state index is -0.632. The maximum atomic E-state index is 12.4. The van der Waals surface area contributed by atoms with E-state index in [0.717, 1.165) is 5.69 Å². The molecule has 2 amide bonds. The number of imide groups is 1. The molecule has 0 aliphatic carbocycles. The summed E-state index contributed by atoms with van der Waals surface area (Å²) in [6, 6.07) is 13.7. The highest BCUT2D eigenvalue weighted by molar-refractivity contribution is 6.34. The molecule has 118 valence electrons. The number of fused-ring (bicyclic) bond motifs is 1. The average molecular weight is 331 g/mol. The molecule has 1 unspecified atom stereocenters. The van der Waals surface area contributed by atoms with Gasteiger partial charge in [-0.15, -0.1) is 11.6 Å². The molecule has 3 rings (SSSR count). The van der Waals surface area contributed by atoms with E-state index >= 15 is 0 Å². The highest BCUT2D eigenvalue weighted by Gasteiger charge is 2.36. The van der Waals surface area contributed by atoms with Crippen LogP contribution in [0.25, 0.3) is 0 Å². The van der Waals surface area contributed by atoms with E-state index in [1.807, 2.05) is 0 Å². The highest BCUT2D eigenvalue weighted by atomic mass is 35.5. The zero-order chi connectivity index (χ0) is 16.4. The first-order chi connectivity index (χ1) is 11.1. The summed E-state index contributed by atoms with van der Waals surface area (Å²) in [7, 11) is 0. The number of alkyl halides is 1. The van der Waals surface area contributed by atoms with E-state index in [9.17, 15) is 14.7 Å². The van der Waals surface area contributed by atoms with Crippen LogP contribution in [-0.4, -0.2) is 35.4 Å². The van der Waals surface area contributed by atoms with Crippen LogP contribution < -0.4 is 10.2 Å². The molecule has 1 aliphatic heterocycles. The first kappa shape index (κ1) is 15.5. The van der Waals surface area contributed by atoms with Gasteiger partial charge in [-0.3, -0.25) is 9.59 Å². The van der Waals surface area contributed by atoms with Gasteiger partial charge in [-0.25, -0.2) is 4.90 Å². The SMILES string of the molecule is O=C1c2ccccc2C(=O)N1c1ccc(NCC(O)CCl)cc1. The maximum absolute atomic E-state index is 12.4. The maximum Gasteiger partial charge on any atom is 0.266 e. The molecule has 2 N–H and O–H groups in total. The Morgan fingerprint density at radius 3 is 2.09 bits per heavy atom. The van der Waals surface area contributed by atoms with E-state index in [2.05, 4.69) is 5.32 Å². The van der Waals surface area contributed by atoms with E-state index < -0.39 is 6.10 Å². The first-order valence-electron chi connectivity index (χ1n) is 7.17. The van der Waals surface area contributed by atoms with Crippen molar-refractivity contribution in [2.45, 2.75) is 6.10 Å². The number of rotatable bonds is 5. The Labute approximate surface area is 138 Å². The Morgan fingerprint density at radius 1 is 1.00 bits per heavy atom. The number of nitrogens with zero attached hydrogens (tertiary/aromatic N) is 1. The molecule has 6 heteroatoms. The van der Waals surface area contributed by atoms with Crippen molar-refractivity contribution < 1.29 is 14.7 Å². The van der Waals surface area contributed by atoms with Crippen molar-refractivity contribution in [2.24, 2.45) is 0 Å². The summed E-state index contributed by atoms with van der Waals surface area (Å²) in [5.74, 6) is -0.479. The number of carbonyl (C=O) groups is 2. The van der Waals surface area contributed by atoms with Crippen molar-refractivity contribution in [1.29, 1.82) is 0 Å². The predicted molar refractivity (Wildman–Crippen MR) is 89.2 cm³/mol. The Balaban J connectivity index is 1.78. The Hall–Kier alpha value is -2.37. The Morgan fingerprint density at radius 2 is 1.57 bits per heavy atom.